The van der Waals surface area contributed by atoms with Gasteiger partial charge in [-0.2, -0.15) is 5.10 Å². The van der Waals surface area contributed by atoms with Crippen molar-refractivity contribution in [3.63, 3.8) is 0 Å². The van der Waals surface area contributed by atoms with Crippen molar-refractivity contribution in [1.29, 1.82) is 0 Å². The fourth-order valence-electron chi connectivity index (χ4n) is 3.94. The summed E-state index contributed by atoms with van der Waals surface area (Å²) in [6.45, 7) is 16.5. The minimum Gasteiger partial charge on any atom is -0.359 e. The molecule has 5 rings (SSSR count). The molecule has 0 aliphatic heterocycles. The Morgan fingerprint density at radius 1 is 0.947 bits per heavy atom. The molecule has 0 atom stereocenters. The summed E-state index contributed by atoms with van der Waals surface area (Å²) in [5, 5.41) is 11.0. The van der Waals surface area contributed by atoms with Crippen LogP contribution >= 0.6 is 0 Å². The van der Waals surface area contributed by atoms with Gasteiger partial charge < -0.3 is 10.3 Å². The summed E-state index contributed by atoms with van der Waals surface area (Å²) in [7, 11) is 0. The van der Waals surface area contributed by atoms with Gasteiger partial charge in [-0.05, 0) is 55.0 Å². The Hall–Kier alpha value is -4.85. The number of hydrogen-bond acceptors (Lipinski definition) is 6. The van der Waals surface area contributed by atoms with Crippen LogP contribution in [0.3, 0.4) is 0 Å². The van der Waals surface area contributed by atoms with E-state index in [9.17, 15) is 0 Å². The predicted molar refractivity (Wildman–Crippen MR) is 154 cm³/mol. The molecule has 8 heteroatoms. The standard InChI is InChI=1S/C30H30N8/c1-7-19(17-20(8-2)33-18(3)30(4,5)6)21-12-13-24-27(34-21)28(38-37-24)29-35-23-14-16-32-25(26(23)36-29)22-11-9-10-15-31-22/h7-17,33H,2-3H2,1,4-6H3,(H,35,36)(H,37,38)/b19-7+,20-17+. The van der Waals surface area contributed by atoms with E-state index in [4.69, 9.17) is 9.97 Å². The Labute approximate surface area is 221 Å². The molecule has 0 radical (unpaired) electrons. The first-order valence-corrected chi connectivity index (χ1v) is 12.4. The van der Waals surface area contributed by atoms with E-state index < -0.39 is 0 Å². The molecule has 190 valence electrons. The maximum Gasteiger partial charge on any atom is 0.161 e. The molecule has 0 amide bonds. The zero-order chi connectivity index (χ0) is 26.9. The molecule has 8 nitrogen and oxygen atoms in total. The molecule has 0 unspecified atom stereocenters. The molecule has 3 N–H and O–H groups in total. The van der Waals surface area contributed by atoms with Gasteiger partial charge in [0.25, 0.3) is 0 Å². The zero-order valence-corrected chi connectivity index (χ0v) is 22.0. The van der Waals surface area contributed by atoms with Crippen molar-refractivity contribution in [3.05, 3.63) is 97.3 Å². The van der Waals surface area contributed by atoms with Crippen molar-refractivity contribution >= 4 is 27.6 Å². The van der Waals surface area contributed by atoms with Crippen molar-refractivity contribution in [1.82, 2.24) is 40.4 Å². The summed E-state index contributed by atoms with van der Waals surface area (Å²) in [4.78, 5) is 22.2. The fraction of sp³-hybridized carbons (Fsp3) is 0.167. The summed E-state index contributed by atoms with van der Waals surface area (Å²) in [5.41, 5.74) is 8.62. The summed E-state index contributed by atoms with van der Waals surface area (Å²) in [5.74, 6) is 0.605. The van der Waals surface area contributed by atoms with Gasteiger partial charge >= 0.3 is 0 Å². The highest BCUT2D eigenvalue weighted by molar-refractivity contribution is 5.94. The highest BCUT2D eigenvalue weighted by atomic mass is 15.2. The third-order valence-electron chi connectivity index (χ3n) is 6.28. The van der Waals surface area contributed by atoms with Crippen LogP contribution in [0.1, 0.15) is 33.4 Å². The fourth-order valence-corrected chi connectivity index (χ4v) is 3.94. The molecular weight excluding hydrogens is 472 g/mol. The number of imidazole rings is 1. The van der Waals surface area contributed by atoms with Crippen LogP contribution in [-0.4, -0.2) is 35.1 Å². The van der Waals surface area contributed by atoms with E-state index >= 15 is 0 Å². The minimum atomic E-state index is -0.0837. The smallest absolute Gasteiger partial charge is 0.161 e. The Bertz CT molecular complexity index is 1710. The molecule has 0 saturated heterocycles. The lowest BCUT2D eigenvalue weighted by Crippen LogP contribution is -2.22. The van der Waals surface area contributed by atoms with E-state index in [2.05, 4.69) is 64.4 Å². The van der Waals surface area contributed by atoms with Gasteiger partial charge in [-0.1, -0.05) is 46.1 Å². The molecule has 0 bridgehead atoms. The van der Waals surface area contributed by atoms with Gasteiger partial charge in [0.1, 0.15) is 16.7 Å². The van der Waals surface area contributed by atoms with Crippen molar-refractivity contribution in [2.75, 3.05) is 0 Å². The predicted octanol–water partition coefficient (Wildman–Crippen LogP) is 6.58. The second-order valence-electron chi connectivity index (χ2n) is 9.92. The third kappa shape index (κ3) is 4.76. The van der Waals surface area contributed by atoms with Crippen LogP contribution in [0.15, 0.2) is 91.6 Å². The van der Waals surface area contributed by atoms with Gasteiger partial charge in [0, 0.05) is 29.2 Å². The van der Waals surface area contributed by atoms with E-state index in [1.807, 2.05) is 55.5 Å². The van der Waals surface area contributed by atoms with Gasteiger partial charge in [0.05, 0.1) is 22.4 Å². The number of fused-ring (bicyclic) bond motifs is 2. The topological polar surface area (TPSA) is 108 Å². The summed E-state index contributed by atoms with van der Waals surface area (Å²) in [6.07, 6.45) is 9.31. The van der Waals surface area contributed by atoms with Gasteiger partial charge in [-0.25, -0.2) is 9.97 Å². The average Bonchev–Trinajstić information content (AvgIpc) is 3.54. The van der Waals surface area contributed by atoms with E-state index in [1.165, 1.54) is 0 Å². The van der Waals surface area contributed by atoms with Gasteiger partial charge in [0.2, 0.25) is 0 Å². The number of rotatable bonds is 7. The van der Waals surface area contributed by atoms with E-state index in [0.29, 0.717) is 22.7 Å². The van der Waals surface area contributed by atoms with Crippen LogP contribution in [0.25, 0.3) is 50.5 Å². The average molecular weight is 503 g/mol. The third-order valence-corrected chi connectivity index (χ3v) is 6.28. The van der Waals surface area contributed by atoms with Gasteiger partial charge in [0.15, 0.2) is 11.5 Å². The largest absolute Gasteiger partial charge is 0.359 e. The van der Waals surface area contributed by atoms with Gasteiger partial charge in [-0.15, -0.1) is 0 Å². The van der Waals surface area contributed by atoms with E-state index in [0.717, 1.165) is 44.9 Å². The van der Waals surface area contributed by atoms with Crippen LogP contribution in [0.2, 0.25) is 0 Å². The molecule has 0 aliphatic rings. The minimum absolute atomic E-state index is 0.0837. The lowest BCUT2D eigenvalue weighted by atomic mass is 9.92. The summed E-state index contributed by atoms with van der Waals surface area (Å²) < 4.78 is 0. The van der Waals surface area contributed by atoms with Crippen LogP contribution in [0.5, 0.6) is 0 Å². The first-order chi connectivity index (χ1) is 18.3. The zero-order valence-electron chi connectivity index (χ0n) is 22.0. The number of nitrogens with one attached hydrogen (secondary N) is 3. The molecule has 5 aromatic rings. The molecule has 0 aliphatic carbocycles. The summed E-state index contributed by atoms with van der Waals surface area (Å²) in [6, 6.07) is 11.6. The lowest BCUT2D eigenvalue weighted by molar-refractivity contribution is 0.478. The number of aromatic nitrogens is 7. The molecule has 0 aromatic carbocycles. The number of allylic oxidation sites excluding steroid dienone is 5. The Balaban J connectivity index is 1.55. The van der Waals surface area contributed by atoms with Gasteiger partial charge in [-0.3, -0.25) is 15.1 Å². The number of pyridine rings is 3. The molecule has 0 spiro atoms. The van der Waals surface area contributed by atoms with Crippen molar-refractivity contribution in [2.24, 2.45) is 5.41 Å². The molecule has 5 aromatic heterocycles. The quantitative estimate of drug-likeness (QED) is 0.217. The van der Waals surface area contributed by atoms with Crippen molar-refractivity contribution in [2.45, 2.75) is 27.7 Å². The molecular formula is C30H30N8. The highest BCUT2D eigenvalue weighted by Crippen LogP contribution is 2.30. The first-order valence-electron chi connectivity index (χ1n) is 12.4. The lowest BCUT2D eigenvalue weighted by Gasteiger charge is -2.23. The highest BCUT2D eigenvalue weighted by Gasteiger charge is 2.18. The monoisotopic (exact) mass is 502 g/mol. The second-order valence-corrected chi connectivity index (χ2v) is 9.92. The molecule has 0 saturated carbocycles. The van der Waals surface area contributed by atoms with E-state index in [1.54, 1.807) is 18.5 Å². The maximum absolute atomic E-state index is 4.97. The van der Waals surface area contributed by atoms with Crippen LogP contribution in [0, 0.1) is 5.41 Å². The van der Waals surface area contributed by atoms with Crippen LogP contribution in [-0.2, 0) is 0 Å². The number of aromatic amines is 2. The molecule has 5 heterocycles. The molecule has 0 fully saturated rings. The normalized spacial score (nSPS) is 12.7. The summed E-state index contributed by atoms with van der Waals surface area (Å²) >= 11 is 0. The number of hydrogen-bond donors (Lipinski definition) is 3. The Morgan fingerprint density at radius 3 is 2.47 bits per heavy atom. The van der Waals surface area contributed by atoms with Crippen molar-refractivity contribution < 1.29 is 0 Å². The number of H-pyrrole nitrogens is 2. The van der Waals surface area contributed by atoms with Crippen LogP contribution in [0.4, 0.5) is 0 Å². The SMILES string of the molecule is C=C/C(=C\C(=C/C)c1ccc2[nH]nc(-c3nc4c(-c5ccccn5)nccc4[nH]3)c2n1)NC(=C)C(C)(C)C. The van der Waals surface area contributed by atoms with Crippen LogP contribution < -0.4 is 5.32 Å². The van der Waals surface area contributed by atoms with E-state index in [-0.39, 0.29) is 5.41 Å². The Morgan fingerprint density at radius 2 is 1.76 bits per heavy atom. The number of nitrogens with zero attached hydrogens (tertiary/aromatic N) is 5. The second kappa shape index (κ2) is 9.89. The first kappa shape index (κ1) is 24.8. The van der Waals surface area contributed by atoms with Crippen molar-refractivity contribution in [3.8, 4) is 22.9 Å². The Kier molecular flexibility index (Phi) is 6.46. The molecule has 38 heavy (non-hydrogen) atoms. The maximum atomic E-state index is 4.97.